The number of carbonyl (C=O) groups excluding carboxylic acids is 1. The van der Waals surface area contributed by atoms with Crippen molar-refractivity contribution in [2.24, 2.45) is 11.8 Å². The first kappa shape index (κ1) is 16.8. The SMILES string of the molecule is CC(C)CN1CCCC(CNC(=O)c2nnc3ccccc3n2)C1. The second-order valence-corrected chi connectivity index (χ2v) is 7.00. The normalized spacial score (nSPS) is 18.9. The smallest absolute Gasteiger partial charge is 0.291 e. The van der Waals surface area contributed by atoms with Crippen LogP contribution in [0.25, 0.3) is 11.0 Å². The Morgan fingerprint density at radius 1 is 1.29 bits per heavy atom. The van der Waals surface area contributed by atoms with Gasteiger partial charge in [-0.3, -0.25) is 4.79 Å². The first-order chi connectivity index (χ1) is 11.6. The molecule has 0 radical (unpaired) electrons. The van der Waals surface area contributed by atoms with Crippen LogP contribution in [-0.4, -0.2) is 52.2 Å². The molecule has 0 spiro atoms. The number of hydrogen-bond acceptors (Lipinski definition) is 5. The molecule has 1 aliphatic rings. The third-order valence-corrected chi connectivity index (χ3v) is 4.34. The van der Waals surface area contributed by atoms with E-state index in [1.54, 1.807) is 0 Å². The highest BCUT2D eigenvalue weighted by atomic mass is 16.2. The van der Waals surface area contributed by atoms with Crippen molar-refractivity contribution in [1.29, 1.82) is 0 Å². The fraction of sp³-hybridized carbons (Fsp3) is 0.556. The summed E-state index contributed by atoms with van der Waals surface area (Å²) in [5.41, 5.74) is 1.39. The molecule has 6 heteroatoms. The van der Waals surface area contributed by atoms with Crippen molar-refractivity contribution in [2.45, 2.75) is 26.7 Å². The molecular formula is C18H25N5O. The van der Waals surface area contributed by atoms with Gasteiger partial charge in [0.15, 0.2) is 0 Å². The van der Waals surface area contributed by atoms with E-state index >= 15 is 0 Å². The fourth-order valence-corrected chi connectivity index (χ4v) is 3.29. The molecule has 2 aromatic rings. The van der Waals surface area contributed by atoms with Crippen LogP contribution in [0.3, 0.4) is 0 Å². The van der Waals surface area contributed by atoms with Crippen LogP contribution in [0.15, 0.2) is 24.3 Å². The molecule has 1 aliphatic heterocycles. The second kappa shape index (κ2) is 7.66. The van der Waals surface area contributed by atoms with Crippen LogP contribution in [0.4, 0.5) is 0 Å². The number of benzene rings is 1. The van der Waals surface area contributed by atoms with Crippen molar-refractivity contribution in [3.8, 4) is 0 Å². The summed E-state index contributed by atoms with van der Waals surface area (Å²) in [6, 6.07) is 7.43. The molecule has 2 heterocycles. The minimum atomic E-state index is -0.241. The number of fused-ring (bicyclic) bond motifs is 1. The van der Waals surface area contributed by atoms with Crippen LogP contribution in [0.1, 0.15) is 37.3 Å². The highest BCUT2D eigenvalue weighted by Gasteiger charge is 2.21. The summed E-state index contributed by atoms with van der Waals surface area (Å²) in [6.07, 6.45) is 2.35. The third-order valence-electron chi connectivity index (χ3n) is 4.34. The molecule has 1 atom stereocenters. The summed E-state index contributed by atoms with van der Waals surface area (Å²) in [4.78, 5) is 19.1. The predicted molar refractivity (Wildman–Crippen MR) is 93.7 cm³/mol. The van der Waals surface area contributed by atoms with Gasteiger partial charge in [0.25, 0.3) is 5.91 Å². The van der Waals surface area contributed by atoms with Gasteiger partial charge in [0.1, 0.15) is 5.52 Å². The number of aromatic nitrogens is 3. The molecule has 0 bridgehead atoms. The van der Waals surface area contributed by atoms with Crippen LogP contribution in [0.5, 0.6) is 0 Å². The number of nitrogens with one attached hydrogen (secondary N) is 1. The van der Waals surface area contributed by atoms with Gasteiger partial charge in [-0.25, -0.2) is 4.98 Å². The lowest BCUT2D eigenvalue weighted by Gasteiger charge is -2.33. The highest BCUT2D eigenvalue weighted by Crippen LogP contribution is 2.17. The Morgan fingerprint density at radius 3 is 2.88 bits per heavy atom. The van der Waals surface area contributed by atoms with Crippen molar-refractivity contribution < 1.29 is 4.79 Å². The van der Waals surface area contributed by atoms with E-state index in [0.29, 0.717) is 29.4 Å². The molecule has 0 aliphatic carbocycles. The lowest BCUT2D eigenvalue weighted by molar-refractivity contribution is 0.0918. The third kappa shape index (κ3) is 4.26. The van der Waals surface area contributed by atoms with E-state index in [0.717, 1.165) is 19.5 Å². The Bertz CT molecular complexity index is 703. The van der Waals surface area contributed by atoms with E-state index < -0.39 is 0 Å². The Kier molecular flexibility index (Phi) is 5.35. The number of carbonyl (C=O) groups is 1. The molecule has 1 aromatic heterocycles. The molecular weight excluding hydrogens is 302 g/mol. The van der Waals surface area contributed by atoms with Gasteiger partial charge in [-0.2, -0.15) is 0 Å². The second-order valence-electron chi connectivity index (χ2n) is 7.00. The van der Waals surface area contributed by atoms with Crippen LogP contribution in [0, 0.1) is 11.8 Å². The number of hydrogen-bond donors (Lipinski definition) is 1. The van der Waals surface area contributed by atoms with Crippen LogP contribution in [0.2, 0.25) is 0 Å². The first-order valence-electron chi connectivity index (χ1n) is 8.72. The maximum atomic E-state index is 12.3. The summed E-state index contributed by atoms with van der Waals surface area (Å²) < 4.78 is 0. The Morgan fingerprint density at radius 2 is 2.08 bits per heavy atom. The Balaban J connectivity index is 1.56. The summed E-state index contributed by atoms with van der Waals surface area (Å²) >= 11 is 0. The summed E-state index contributed by atoms with van der Waals surface area (Å²) in [5.74, 6) is 1.07. The van der Waals surface area contributed by atoms with Gasteiger partial charge in [-0.15, -0.1) is 10.2 Å². The van der Waals surface area contributed by atoms with Crippen LogP contribution in [-0.2, 0) is 0 Å². The molecule has 1 unspecified atom stereocenters. The first-order valence-corrected chi connectivity index (χ1v) is 8.72. The molecule has 128 valence electrons. The summed E-state index contributed by atoms with van der Waals surface area (Å²) in [6.45, 7) is 8.51. The van der Waals surface area contributed by atoms with Gasteiger partial charge in [0, 0.05) is 19.6 Å². The van der Waals surface area contributed by atoms with E-state index in [2.05, 4.69) is 39.2 Å². The molecule has 1 N–H and O–H groups in total. The molecule has 1 fully saturated rings. The van der Waals surface area contributed by atoms with E-state index in [1.165, 1.54) is 13.0 Å². The van der Waals surface area contributed by atoms with Crippen LogP contribution >= 0.6 is 0 Å². The summed E-state index contributed by atoms with van der Waals surface area (Å²) in [5, 5.41) is 11.0. The molecule has 1 amide bonds. The van der Waals surface area contributed by atoms with Gasteiger partial charge in [0.05, 0.1) is 5.52 Å². The minimum Gasteiger partial charge on any atom is -0.349 e. The standard InChI is InChI=1S/C18H25N5O/c1-13(2)11-23-9-5-6-14(12-23)10-19-18(24)17-20-15-7-3-4-8-16(15)21-22-17/h3-4,7-8,13-14H,5-6,9-12H2,1-2H3,(H,19,24). The van der Waals surface area contributed by atoms with Crippen LogP contribution < -0.4 is 5.32 Å². The van der Waals surface area contributed by atoms with Gasteiger partial charge in [0.2, 0.25) is 5.82 Å². The highest BCUT2D eigenvalue weighted by molar-refractivity contribution is 5.91. The van der Waals surface area contributed by atoms with E-state index in [1.807, 2.05) is 24.3 Å². The molecule has 6 nitrogen and oxygen atoms in total. The van der Waals surface area contributed by atoms with Gasteiger partial charge in [-0.1, -0.05) is 26.0 Å². The largest absolute Gasteiger partial charge is 0.349 e. The number of rotatable bonds is 5. The maximum Gasteiger partial charge on any atom is 0.291 e. The van der Waals surface area contributed by atoms with Crippen molar-refractivity contribution >= 4 is 16.9 Å². The average Bonchev–Trinajstić information content (AvgIpc) is 2.59. The van der Waals surface area contributed by atoms with Crippen molar-refractivity contribution in [3.63, 3.8) is 0 Å². The molecule has 1 saturated heterocycles. The summed E-state index contributed by atoms with van der Waals surface area (Å²) in [7, 11) is 0. The average molecular weight is 327 g/mol. The zero-order valence-corrected chi connectivity index (χ0v) is 14.4. The molecule has 24 heavy (non-hydrogen) atoms. The van der Waals surface area contributed by atoms with Crippen molar-refractivity contribution in [3.05, 3.63) is 30.1 Å². The number of amides is 1. The van der Waals surface area contributed by atoms with E-state index in [9.17, 15) is 4.79 Å². The molecule has 0 saturated carbocycles. The van der Waals surface area contributed by atoms with E-state index in [4.69, 9.17) is 0 Å². The topological polar surface area (TPSA) is 71.0 Å². The zero-order chi connectivity index (χ0) is 16.9. The number of likely N-dealkylation sites (tertiary alicyclic amines) is 1. The van der Waals surface area contributed by atoms with E-state index in [-0.39, 0.29) is 11.7 Å². The van der Waals surface area contributed by atoms with Crippen molar-refractivity contribution in [1.82, 2.24) is 25.4 Å². The van der Waals surface area contributed by atoms with Gasteiger partial charge < -0.3 is 10.2 Å². The quantitative estimate of drug-likeness (QED) is 0.911. The van der Waals surface area contributed by atoms with Gasteiger partial charge >= 0.3 is 0 Å². The number of piperidine rings is 1. The lowest BCUT2D eigenvalue weighted by Crippen LogP contribution is -2.42. The predicted octanol–water partition coefficient (Wildman–Crippen LogP) is 2.12. The Labute approximate surface area is 142 Å². The zero-order valence-electron chi connectivity index (χ0n) is 14.4. The Hall–Kier alpha value is -2.08. The van der Waals surface area contributed by atoms with Gasteiger partial charge in [-0.05, 0) is 43.4 Å². The van der Waals surface area contributed by atoms with Crippen molar-refractivity contribution in [2.75, 3.05) is 26.2 Å². The molecule has 3 rings (SSSR count). The maximum absolute atomic E-state index is 12.3. The monoisotopic (exact) mass is 327 g/mol. The number of nitrogens with zero attached hydrogens (tertiary/aromatic N) is 4. The number of para-hydroxylation sites is 1. The lowest BCUT2D eigenvalue weighted by atomic mass is 9.97. The fourth-order valence-electron chi connectivity index (χ4n) is 3.29. The minimum absolute atomic E-state index is 0.142. The molecule has 1 aromatic carbocycles.